The van der Waals surface area contributed by atoms with Gasteiger partial charge in [0.15, 0.2) is 0 Å². The van der Waals surface area contributed by atoms with E-state index in [4.69, 9.17) is 45.2 Å². The van der Waals surface area contributed by atoms with Crippen molar-refractivity contribution in [1.82, 2.24) is 0 Å². The highest BCUT2D eigenvalue weighted by atomic mass is 35.5. The van der Waals surface area contributed by atoms with E-state index in [0.29, 0.717) is 0 Å². The minimum absolute atomic E-state index is 0.0585. The number of nitrogens with zero attached hydrogens (tertiary/aromatic N) is 1. The van der Waals surface area contributed by atoms with Gasteiger partial charge in [-0.15, -0.1) is 0 Å². The molecule has 82 valence electrons. The van der Waals surface area contributed by atoms with Crippen molar-refractivity contribution >= 4 is 46.3 Å². The van der Waals surface area contributed by atoms with Crippen molar-refractivity contribution in [2.75, 3.05) is 0 Å². The largest absolute Gasteiger partial charge is 0.478 e. The summed E-state index contributed by atoms with van der Waals surface area (Å²) in [5, 5.41) is 17.7. The highest BCUT2D eigenvalue weighted by Gasteiger charge is 2.13. The summed E-state index contributed by atoms with van der Waals surface area (Å²) < 4.78 is 0. The van der Waals surface area contributed by atoms with Crippen molar-refractivity contribution in [1.29, 1.82) is 5.26 Å². The van der Waals surface area contributed by atoms with Crippen LogP contribution in [0.4, 0.5) is 0 Å². The highest BCUT2D eigenvalue weighted by Crippen LogP contribution is 2.35. The number of hydrogen-bond acceptors (Lipinski definition) is 2. The van der Waals surface area contributed by atoms with Gasteiger partial charge in [0.25, 0.3) is 0 Å². The molecular formula is C10H4Cl3NO2. The molecule has 1 aromatic rings. The van der Waals surface area contributed by atoms with E-state index in [2.05, 4.69) is 0 Å². The topological polar surface area (TPSA) is 61.1 Å². The summed E-state index contributed by atoms with van der Waals surface area (Å²) in [4.78, 5) is 10.5. The van der Waals surface area contributed by atoms with E-state index in [1.165, 1.54) is 12.1 Å². The summed E-state index contributed by atoms with van der Waals surface area (Å²) in [6.07, 6.45) is 0.755. The molecule has 0 aromatic heterocycles. The number of carboxylic acid groups (broad SMARTS) is 1. The lowest BCUT2D eigenvalue weighted by molar-refractivity contribution is -0.131. The Kier molecular flexibility index (Phi) is 4.19. The number of aliphatic carboxylic acids is 1. The molecule has 0 fully saturated rings. The van der Waals surface area contributed by atoms with Crippen molar-refractivity contribution in [3.05, 3.63) is 38.8 Å². The molecule has 0 atom stereocenters. The van der Waals surface area contributed by atoms with Gasteiger partial charge in [-0.25, -0.2) is 4.79 Å². The van der Waals surface area contributed by atoms with Crippen LogP contribution in [0.25, 0.3) is 5.57 Å². The molecule has 16 heavy (non-hydrogen) atoms. The first-order valence-corrected chi connectivity index (χ1v) is 5.09. The molecule has 3 nitrogen and oxygen atoms in total. The Morgan fingerprint density at radius 2 is 1.94 bits per heavy atom. The Balaban J connectivity index is 3.40. The Hall–Kier alpha value is -1.21. The van der Waals surface area contributed by atoms with Crippen LogP contribution in [0, 0.1) is 11.3 Å². The summed E-state index contributed by atoms with van der Waals surface area (Å²) in [6.45, 7) is 0. The summed E-state index contributed by atoms with van der Waals surface area (Å²) in [5.74, 6) is -1.24. The third-order valence-electron chi connectivity index (χ3n) is 1.71. The molecule has 1 aromatic carbocycles. The lowest BCUT2D eigenvalue weighted by Crippen LogP contribution is -1.92. The van der Waals surface area contributed by atoms with Gasteiger partial charge in [0.2, 0.25) is 0 Å². The van der Waals surface area contributed by atoms with Gasteiger partial charge < -0.3 is 5.11 Å². The molecule has 0 saturated carbocycles. The van der Waals surface area contributed by atoms with Crippen LogP contribution in [0.1, 0.15) is 5.56 Å². The molecule has 0 amide bonds. The molecule has 0 unspecified atom stereocenters. The molecule has 0 radical (unpaired) electrons. The van der Waals surface area contributed by atoms with Gasteiger partial charge in [0.1, 0.15) is 6.07 Å². The Bertz CT molecular complexity index is 518. The first kappa shape index (κ1) is 12.9. The zero-order valence-corrected chi connectivity index (χ0v) is 9.94. The fourth-order valence-electron chi connectivity index (χ4n) is 1.03. The SMILES string of the molecule is N#CC(=CC(=O)O)c1ccc(Cl)c(Cl)c1Cl. The van der Waals surface area contributed by atoms with Gasteiger partial charge in [0, 0.05) is 11.6 Å². The molecule has 0 spiro atoms. The number of hydrogen-bond donors (Lipinski definition) is 1. The third-order valence-corrected chi connectivity index (χ3v) is 3.01. The van der Waals surface area contributed by atoms with Gasteiger partial charge >= 0.3 is 5.97 Å². The number of allylic oxidation sites excluding steroid dienone is 1. The number of carboxylic acids is 1. The number of nitriles is 1. The van der Waals surface area contributed by atoms with Crippen LogP contribution in [-0.2, 0) is 4.79 Å². The first-order valence-electron chi connectivity index (χ1n) is 3.96. The second-order valence-corrected chi connectivity index (χ2v) is 3.89. The van der Waals surface area contributed by atoms with E-state index < -0.39 is 5.97 Å². The Labute approximate surface area is 106 Å². The number of halogens is 3. The van der Waals surface area contributed by atoms with Crippen LogP contribution in [0.15, 0.2) is 18.2 Å². The van der Waals surface area contributed by atoms with Crippen LogP contribution in [0.3, 0.4) is 0 Å². The van der Waals surface area contributed by atoms with E-state index in [1.54, 1.807) is 6.07 Å². The molecule has 0 aliphatic carbocycles. The maximum Gasteiger partial charge on any atom is 0.329 e. The molecule has 0 heterocycles. The highest BCUT2D eigenvalue weighted by molar-refractivity contribution is 6.48. The van der Waals surface area contributed by atoms with Crippen LogP contribution in [0.2, 0.25) is 15.1 Å². The average Bonchev–Trinajstić information content (AvgIpc) is 2.23. The zero-order chi connectivity index (χ0) is 12.3. The summed E-state index contributed by atoms with van der Waals surface area (Å²) >= 11 is 17.3. The monoisotopic (exact) mass is 275 g/mol. The molecule has 6 heteroatoms. The van der Waals surface area contributed by atoms with Gasteiger partial charge in [-0.05, 0) is 6.07 Å². The summed E-state index contributed by atoms with van der Waals surface area (Å²) in [7, 11) is 0. The smallest absolute Gasteiger partial charge is 0.329 e. The average molecular weight is 277 g/mol. The van der Waals surface area contributed by atoms with Gasteiger partial charge in [-0.2, -0.15) is 5.26 Å². The van der Waals surface area contributed by atoms with E-state index in [0.717, 1.165) is 6.08 Å². The van der Waals surface area contributed by atoms with Crippen molar-refractivity contribution < 1.29 is 9.90 Å². The summed E-state index contributed by atoms with van der Waals surface area (Å²) in [6, 6.07) is 4.61. The number of rotatable bonds is 2. The van der Waals surface area contributed by atoms with Gasteiger partial charge in [-0.1, -0.05) is 40.9 Å². The van der Waals surface area contributed by atoms with Crippen molar-refractivity contribution in [2.24, 2.45) is 0 Å². The van der Waals surface area contributed by atoms with Crippen LogP contribution >= 0.6 is 34.8 Å². The number of carbonyl (C=O) groups is 1. The van der Waals surface area contributed by atoms with E-state index in [9.17, 15) is 4.79 Å². The quantitative estimate of drug-likeness (QED) is 0.509. The van der Waals surface area contributed by atoms with Gasteiger partial charge in [-0.3, -0.25) is 0 Å². The molecule has 1 rings (SSSR count). The second-order valence-electron chi connectivity index (χ2n) is 2.73. The van der Waals surface area contributed by atoms with E-state index in [1.807, 2.05) is 0 Å². The number of benzene rings is 1. The second kappa shape index (κ2) is 5.22. The van der Waals surface area contributed by atoms with E-state index in [-0.39, 0.29) is 26.2 Å². The fourth-order valence-corrected chi connectivity index (χ4v) is 1.66. The maximum atomic E-state index is 10.5. The van der Waals surface area contributed by atoms with Crippen LogP contribution in [0.5, 0.6) is 0 Å². The van der Waals surface area contributed by atoms with Crippen molar-refractivity contribution in [3.8, 4) is 6.07 Å². The van der Waals surface area contributed by atoms with E-state index >= 15 is 0 Å². The zero-order valence-electron chi connectivity index (χ0n) is 7.67. The predicted molar refractivity (Wildman–Crippen MR) is 62.7 cm³/mol. The lowest BCUT2D eigenvalue weighted by atomic mass is 10.1. The summed E-state index contributed by atoms with van der Waals surface area (Å²) in [5.41, 5.74) is 0.150. The standard InChI is InChI=1S/C10H4Cl3NO2/c11-7-2-1-6(9(12)10(7)13)5(4-14)3-8(15)16/h1-3H,(H,15,16). The van der Waals surface area contributed by atoms with Crippen molar-refractivity contribution in [3.63, 3.8) is 0 Å². The fraction of sp³-hybridized carbons (Fsp3) is 0. The van der Waals surface area contributed by atoms with Crippen LogP contribution < -0.4 is 0 Å². The molecule has 0 bridgehead atoms. The molecule has 0 saturated heterocycles. The van der Waals surface area contributed by atoms with Gasteiger partial charge in [0.05, 0.1) is 20.6 Å². The Morgan fingerprint density at radius 1 is 1.31 bits per heavy atom. The Morgan fingerprint density at radius 3 is 2.44 bits per heavy atom. The van der Waals surface area contributed by atoms with Crippen molar-refractivity contribution in [2.45, 2.75) is 0 Å². The third kappa shape index (κ3) is 2.67. The minimum Gasteiger partial charge on any atom is -0.478 e. The maximum absolute atomic E-state index is 10.5. The normalized spacial score (nSPS) is 11.0. The molecule has 0 aliphatic rings. The predicted octanol–water partition coefficient (Wildman–Crippen LogP) is 3.64. The van der Waals surface area contributed by atoms with Crippen LogP contribution in [-0.4, -0.2) is 11.1 Å². The molecule has 1 N–H and O–H groups in total. The first-order chi connectivity index (χ1) is 7.47. The molecular weight excluding hydrogens is 272 g/mol. The minimum atomic E-state index is -1.24. The lowest BCUT2D eigenvalue weighted by Gasteiger charge is -2.05. The molecule has 0 aliphatic heterocycles.